The molecule has 0 aliphatic carbocycles. The molecule has 2 heterocycles. The summed E-state index contributed by atoms with van der Waals surface area (Å²) in [5.41, 5.74) is 2.13. The number of aliphatic imine (C=N–C) groups is 1. The molecule has 0 saturated carbocycles. The second-order valence-corrected chi connectivity index (χ2v) is 6.90. The van der Waals surface area contributed by atoms with Crippen molar-refractivity contribution in [1.29, 1.82) is 0 Å². The summed E-state index contributed by atoms with van der Waals surface area (Å²) in [6.07, 6.45) is -1.89. The Morgan fingerprint density at radius 1 is 1.30 bits per heavy atom. The minimum absolute atomic E-state index is 0.0212. The predicted molar refractivity (Wildman–Crippen MR) is 107 cm³/mol. The summed E-state index contributed by atoms with van der Waals surface area (Å²) >= 11 is 0. The van der Waals surface area contributed by atoms with Crippen molar-refractivity contribution < 1.29 is 41.4 Å². The zero-order chi connectivity index (χ0) is 24.8. The molecule has 0 unspecified atom stereocenters. The summed E-state index contributed by atoms with van der Waals surface area (Å²) in [5, 5.41) is 9.26. The summed E-state index contributed by atoms with van der Waals surface area (Å²) < 4.78 is 73.9. The fourth-order valence-corrected chi connectivity index (χ4v) is 2.92. The number of hydrogen-bond donors (Lipinski definition) is 3. The summed E-state index contributed by atoms with van der Waals surface area (Å²) in [4.78, 5) is 28.1. The molecule has 2 aromatic rings. The zero-order valence-electron chi connectivity index (χ0n) is 17.1. The van der Waals surface area contributed by atoms with Crippen LogP contribution in [0.25, 0.3) is 0 Å². The summed E-state index contributed by atoms with van der Waals surface area (Å²) in [6.45, 7) is -0.586. The van der Waals surface area contributed by atoms with Crippen LogP contribution in [-0.4, -0.2) is 47.4 Å². The van der Waals surface area contributed by atoms with E-state index in [2.05, 4.69) is 15.3 Å². The van der Waals surface area contributed by atoms with E-state index in [0.29, 0.717) is 0 Å². The molecule has 178 valence electrons. The lowest BCUT2D eigenvalue weighted by molar-refractivity contribution is -0.122. The molecule has 4 N–H and O–H groups in total. The maximum atomic E-state index is 14.7. The molecule has 8 nitrogen and oxygen atoms in total. The fourth-order valence-electron chi connectivity index (χ4n) is 2.92. The number of rotatable bonds is 4. The highest BCUT2D eigenvalue weighted by Crippen LogP contribution is 2.44. The standard InChI is InChI=1S/C19H17F5N4O2.CH2O2/c1-18(19(23,24)9-30-8-15(25)28-18)12-6-11(3-4-13(12)20)27-17(29)14-5-2-10(7-26-14)16(21)22;2-1-3/h2-7,16H,8-9H2,1H3,(H2,25,28)(H,27,29);1H,(H,2,3)/t18-;/m1./s1. The van der Waals surface area contributed by atoms with Crippen molar-refractivity contribution >= 4 is 23.9 Å². The number of pyridine rings is 1. The van der Waals surface area contributed by atoms with Crippen molar-refractivity contribution in [3.8, 4) is 0 Å². The molecule has 13 heteroatoms. The summed E-state index contributed by atoms with van der Waals surface area (Å²) in [6, 6.07) is 5.19. The summed E-state index contributed by atoms with van der Waals surface area (Å²) in [7, 11) is 0. The third-order valence-electron chi connectivity index (χ3n) is 4.63. The Kier molecular flexibility index (Phi) is 8.03. The number of ether oxygens (including phenoxy) is 1. The number of amides is 1. The van der Waals surface area contributed by atoms with Gasteiger partial charge in [-0.2, -0.15) is 0 Å². The van der Waals surface area contributed by atoms with E-state index in [-0.39, 0.29) is 35.9 Å². The lowest BCUT2D eigenvalue weighted by Gasteiger charge is -2.33. The van der Waals surface area contributed by atoms with Gasteiger partial charge in [0.05, 0.1) is 0 Å². The zero-order valence-corrected chi connectivity index (χ0v) is 17.1. The number of benzene rings is 1. The van der Waals surface area contributed by atoms with Crippen LogP contribution in [0.1, 0.15) is 35.0 Å². The topological polar surface area (TPSA) is 127 Å². The molecular formula is C20H19F5N4O4. The molecule has 0 bridgehead atoms. The number of carbonyl (C=O) groups excluding carboxylic acids is 1. The monoisotopic (exact) mass is 474 g/mol. The van der Waals surface area contributed by atoms with E-state index in [4.69, 9.17) is 20.4 Å². The highest BCUT2D eigenvalue weighted by atomic mass is 19.3. The van der Waals surface area contributed by atoms with Crippen LogP contribution >= 0.6 is 0 Å². The molecule has 1 aliphatic heterocycles. The van der Waals surface area contributed by atoms with Crippen LogP contribution in [0.3, 0.4) is 0 Å². The van der Waals surface area contributed by atoms with Gasteiger partial charge in [-0.05, 0) is 37.3 Å². The van der Waals surface area contributed by atoms with Gasteiger partial charge in [-0.25, -0.2) is 22.0 Å². The van der Waals surface area contributed by atoms with E-state index in [1.807, 2.05) is 0 Å². The maximum absolute atomic E-state index is 14.7. The van der Waals surface area contributed by atoms with Crippen LogP contribution in [0.4, 0.5) is 27.6 Å². The first-order valence-electron chi connectivity index (χ1n) is 9.18. The molecule has 3 rings (SSSR count). The minimum Gasteiger partial charge on any atom is -0.483 e. The largest absolute Gasteiger partial charge is 0.483 e. The van der Waals surface area contributed by atoms with Crippen molar-refractivity contribution in [1.82, 2.24) is 4.98 Å². The molecular weight excluding hydrogens is 455 g/mol. The predicted octanol–water partition coefficient (Wildman–Crippen LogP) is 3.35. The van der Waals surface area contributed by atoms with Crippen molar-refractivity contribution in [3.05, 3.63) is 59.2 Å². The van der Waals surface area contributed by atoms with Gasteiger partial charge in [0.2, 0.25) is 0 Å². The third kappa shape index (κ3) is 5.80. The highest BCUT2D eigenvalue weighted by Gasteiger charge is 2.54. The Bertz CT molecular complexity index is 1030. The Labute approximate surface area is 184 Å². The van der Waals surface area contributed by atoms with Crippen LogP contribution in [-0.2, 0) is 15.1 Å². The van der Waals surface area contributed by atoms with E-state index in [9.17, 15) is 26.7 Å². The number of hydrogen-bond acceptors (Lipinski definition) is 6. The van der Waals surface area contributed by atoms with Gasteiger partial charge in [0.15, 0.2) is 5.54 Å². The molecule has 1 aromatic heterocycles. The number of carbonyl (C=O) groups is 2. The van der Waals surface area contributed by atoms with Crippen molar-refractivity contribution in [2.45, 2.75) is 24.8 Å². The van der Waals surface area contributed by atoms with E-state index in [0.717, 1.165) is 43.5 Å². The van der Waals surface area contributed by atoms with Gasteiger partial charge in [0.25, 0.3) is 24.7 Å². The van der Waals surface area contributed by atoms with Crippen LogP contribution < -0.4 is 11.1 Å². The average molecular weight is 474 g/mol. The van der Waals surface area contributed by atoms with E-state index in [1.165, 1.54) is 0 Å². The quantitative estimate of drug-likeness (QED) is 0.461. The molecule has 33 heavy (non-hydrogen) atoms. The molecule has 0 radical (unpaired) electrons. The van der Waals surface area contributed by atoms with Crippen LogP contribution in [0.2, 0.25) is 0 Å². The van der Waals surface area contributed by atoms with Gasteiger partial charge in [-0.15, -0.1) is 0 Å². The first-order valence-corrected chi connectivity index (χ1v) is 9.18. The van der Waals surface area contributed by atoms with Crippen LogP contribution in [0.5, 0.6) is 0 Å². The Hall–Kier alpha value is -3.61. The first kappa shape index (κ1) is 25.6. The Morgan fingerprint density at radius 2 is 1.97 bits per heavy atom. The van der Waals surface area contributed by atoms with Gasteiger partial charge in [0.1, 0.15) is 30.6 Å². The number of nitrogens with one attached hydrogen (secondary N) is 1. The van der Waals surface area contributed by atoms with Gasteiger partial charge in [-0.3, -0.25) is 19.6 Å². The molecule has 0 saturated heterocycles. The van der Waals surface area contributed by atoms with Gasteiger partial charge >= 0.3 is 0 Å². The number of nitrogens with two attached hydrogens (primary N) is 1. The minimum atomic E-state index is -3.59. The van der Waals surface area contributed by atoms with Gasteiger partial charge in [-0.1, -0.05) is 0 Å². The Morgan fingerprint density at radius 3 is 2.55 bits per heavy atom. The number of amidine groups is 1. The maximum Gasteiger partial charge on any atom is 0.299 e. The second-order valence-electron chi connectivity index (χ2n) is 6.90. The lowest BCUT2D eigenvalue weighted by Crippen LogP contribution is -2.45. The van der Waals surface area contributed by atoms with E-state index < -0.39 is 41.8 Å². The van der Waals surface area contributed by atoms with Crippen molar-refractivity contribution in [2.75, 3.05) is 18.5 Å². The second kappa shape index (κ2) is 10.3. The van der Waals surface area contributed by atoms with Crippen molar-refractivity contribution in [2.24, 2.45) is 10.7 Å². The van der Waals surface area contributed by atoms with Gasteiger partial charge in [0, 0.05) is 23.0 Å². The van der Waals surface area contributed by atoms with E-state index in [1.54, 1.807) is 0 Å². The normalized spacial score (nSPS) is 19.5. The number of anilines is 1. The van der Waals surface area contributed by atoms with Gasteiger partial charge < -0.3 is 20.9 Å². The molecule has 1 atom stereocenters. The molecule has 1 aliphatic rings. The fraction of sp³-hybridized carbons (Fsp3) is 0.300. The van der Waals surface area contributed by atoms with Crippen LogP contribution in [0.15, 0.2) is 41.5 Å². The number of alkyl halides is 4. The van der Waals surface area contributed by atoms with Crippen LogP contribution in [0, 0.1) is 5.82 Å². The third-order valence-corrected chi connectivity index (χ3v) is 4.63. The smallest absolute Gasteiger partial charge is 0.299 e. The first-order chi connectivity index (χ1) is 15.4. The average Bonchev–Trinajstić information content (AvgIpc) is 2.85. The number of aromatic nitrogens is 1. The highest BCUT2D eigenvalue weighted by molar-refractivity contribution is 6.02. The number of nitrogens with zero attached hydrogens (tertiary/aromatic N) is 2. The SMILES string of the molecule is C[C@]1(c2cc(NC(=O)c3ccc(C(F)F)cn3)ccc2F)N=C(N)COCC1(F)F.O=CO. The Balaban J connectivity index is 0.00000122. The van der Waals surface area contributed by atoms with Crippen molar-refractivity contribution in [3.63, 3.8) is 0 Å². The molecule has 0 spiro atoms. The number of halogens is 5. The summed E-state index contributed by atoms with van der Waals surface area (Å²) in [5.74, 6) is -5.60. The lowest BCUT2D eigenvalue weighted by atomic mass is 9.85. The number of carboxylic acid groups (broad SMARTS) is 1. The molecule has 0 fully saturated rings. The molecule has 1 amide bonds. The molecule has 1 aromatic carbocycles. The van der Waals surface area contributed by atoms with E-state index >= 15 is 0 Å².